The first-order chi connectivity index (χ1) is 14.0. The second-order valence-electron chi connectivity index (χ2n) is 6.33. The zero-order valence-electron chi connectivity index (χ0n) is 15.5. The monoisotopic (exact) mass is 394 g/mol. The quantitative estimate of drug-likeness (QED) is 0.587. The lowest BCUT2D eigenvalue weighted by molar-refractivity contribution is -0.121. The SMILES string of the molecule is N#Cc1c(CCCNC(=O)Cn2ccccc2=O)nn(-c2ccc(F)cc2)c1N. The fourth-order valence-corrected chi connectivity index (χ4v) is 2.84. The maximum Gasteiger partial charge on any atom is 0.250 e. The Bertz CT molecular complexity index is 1110. The van der Waals surface area contributed by atoms with Gasteiger partial charge in [0.25, 0.3) is 5.56 Å². The van der Waals surface area contributed by atoms with Gasteiger partial charge in [0.05, 0.1) is 11.4 Å². The van der Waals surface area contributed by atoms with Gasteiger partial charge in [0.15, 0.2) is 0 Å². The molecule has 148 valence electrons. The number of nitrogens with two attached hydrogens (primary N) is 1. The van der Waals surface area contributed by atoms with Crippen molar-refractivity contribution >= 4 is 11.7 Å². The normalized spacial score (nSPS) is 10.5. The lowest BCUT2D eigenvalue weighted by Gasteiger charge is -2.06. The molecule has 3 N–H and O–H groups in total. The molecule has 8 nitrogen and oxygen atoms in total. The zero-order chi connectivity index (χ0) is 20.8. The van der Waals surface area contributed by atoms with E-state index in [1.807, 2.05) is 6.07 Å². The highest BCUT2D eigenvalue weighted by atomic mass is 19.1. The van der Waals surface area contributed by atoms with E-state index in [1.54, 1.807) is 18.3 Å². The van der Waals surface area contributed by atoms with E-state index in [0.717, 1.165) is 0 Å². The number of carbonyl (C=O) groups excluding carboxylic acids is 1. The molecule has 0 aliphatic carbocycles. The Morgan fingerprint density at radius 3 is 2.69 bits per heavy atom. The standard InChI is InChI=1S/C20H19FN6O2/c21-14-6-8-15(9-7-14)27-20(23)16(12-22)17(25-27)4-3-10-24-18(28)13-26-11-2-1-5-19(26)29/h1-2,5-9,11H,3-4,10,13,23H2,(H,24,28). The highest BCUT2D eigenvalue weighted by molar-refractivity contribution is 5.75. The number of nitrogens with zero attached hydrogens (tertiary/aromatic N) is 4. The van der Waals surface area contributed by atoms with E-state index in [2.05, 4.69) is 10.4 Å². The van der Waals surface area contributed by atoms with Gasteiger partial charge >= 0.3 is 0 Å². The van der Waals surface area contributed by atoms with Crippen LogP contribution in [-0.2, 0) is 17.8 Å². The molecule has 29 heavy (non-hydrogen) atoms. The van der Waals surface area contributed by atoms with Crippen molar-refractivity contribution in [3.05, 3.63) is 76.1 Å². The third-order valence-electron chi connectivity index (χ3n) is 4.30. The van der Waals surface area contributed by atoms with Gasteiger partial charge in [-0.1, -0.05) is 6.07 Å². The van der Waals surface area contributed by atoms with Crippen LogP contribution in [0.3, 0.4) is 0 Å². The number of carbonyl (C=O) groups is 1. The van der Waals surface area contributed by atoms with Crippen LogP contribution in [0, 0.1) is 17.1 Å². The van der Waals surface area contributed by atoms with Gasteiger partial charge in [0.1, 0.15) is 29.8 Å². The van der Waals surface area contributed by atoms with E-state index >= 15 is 0 Å². The highest BCUT2D eigenvalue weighted by Gasteiger charge is 2.16. The van der Waals surface area contributed by atoms with Crippen molar-refractivity contribution < 1.29 is 9.18 Å². The van der Waals surface area contributed by atoms with Gasteiger partial charge < -0.3 is 15.6 Å². The van der Waals surface area contributed by atoms with E-state index in [9.17, 15) is 19.2 Å². The number of halogens is 1. The Balaban J connectivity index is 1.59. The molecule has 0 fully saturated rings. The average Bonchev–Trinajstić information content (AvgIpc) is 3.03. The number of nitrogens with one attached hydrogen (secondary N) is 1. The van der Waals surface area contributed by atoms with Crippen molar-refractivity contribution in [2.24, 2.45) is 0 Å². The zero-order valence-corrected chi connectivity index (χ0v) is 15.5. The number of benzene rings is 1. The molecule has 0 saturated carbocycles. The van der Waals surface area contributed by atoms with Gasteiger partial charge in [0.2, 0.25) is 5.91 Å². The predicted molar refractivity (Wildman–Crippen MR) is 105 cm³/mol. The van der Waals surface area contributed by atoms with E-state index in [1.165, 1.54) is 39.6 Å². The summed E-state index contributed by atoms with van der Waals surface area (Å²) in [6, 6.07) is 12.3. The maximum absolute atomic E-state index is 13.1. The van der Waals surface area contributed by atoms with E-state index < -0.39 is 0 Å². The number of anilines is 1. The van der Waals surface area contributed by atoms with Crippen LogP contribution in [0.1, 0.15) is 17.7 Å². The summed E-state index contributed by atoms with van der Waals surface area (Å²) in [5, 5.41) is 16.5. The molecule has 1 amide bonds. The minimum atomic E-state index is -0.381. The molecule has 1 aromatic carbocycles. The third kappa shape index (κ3) is 4.68. The molecule has 0 aliphatic heterocycles. The summed E-state index contributed by atoms with van der Waals surface area (Å²) in [4.78, 5) is 23.6. The smallest absolute Gasteiger partial charge is 0.250 e. The van der Waals surface area contributed by atoms with Crippen LogP contribution >= 0.6 is 0 Å². The largest absolute Gasteiger partial charge is 0.382 e. The molecule has 0 unspecified atom stereocenters. The van der Waals surface area contributed by atoms with Crippen molar-refractivity contribution in [2.45, 2.75) is 19.4 Å². The lowest BCUT2D eigenvalue weighted by Crippen LogP contribution is -2.32. The van der Waals surface area contributed by atoms with Crippen molar-refractivity contribution in [1.82, 2.24) is 19.7 Å². The first-order valence-electron chi connectivity index (χ1n) is 8.95. The lowest BCUT2D eigenvalue weighted by atomic mass is 10.1. The summed E-state index contributed by atoms with van der Waals surface area (Å²) in [6.07, 6.45) is 2.50. The number of nitrogen functional groups attached to an aromatic ring is 1. The fraction of sp³-hybridized carbons (Fsp3) is 0.200. The Hall–Kier alpha value is -3.93. The van der Waals surface area contributed by atoms with Gasteiger partial charge in [-0.15, -0.1) is 0 Å². The predicted octanol–water partition coefficient (Wildman–Crippen LogP) is 1.38. The summed E-state index contributed by atoms with van der Waals surface area (Å²) in [5.41, 5.74) is 7.08. The molecule has 2 heterocycles. The van der Waals surface area contributed by atoms with Crippen molar-refractivity contribution in [2.75, 3.05) is 12.3 Å². The van der Waals surface area contributed by atoms with Gasteiger partial charge in [-0.3, -0.25) is 9.59 Å². The second kappa shape index (κ2) is 8.84. The van der Waals surface area contributed by atoms with Crippen LogP contribution in [0.2, 0.25) is 0 Å². The minimum Gasteiger partial charge on any atom is -0.382 e. The van der Waals surface area contributed by atoms with Crippen LogP contribution in [-0.4, -0.2) is 26.8 Å². The first kappa shape index (κ1) is 19.8. The fourth-order valence-electron chi connectivity index (χ4n) is 2.84. The number of hydrogen-bond acceptors (Lipinski definition) is 5. The number of pyridine rings is 1. The molecule has 3 aromatic rings. The van der Waals surface area contributed by atoms with Crippen LogP contribution < -0.4 is 16.6 Å². The summed E-state index contributed by atoms with van der Waals surface area (Å²) in [5.74, 6) is -0.481. The highest BCUT2D eigenvalue weighted by Crippen LogP contribution is 2.21. The van der Waals surface area contributed by atoms with Gasteiger partial charge in [0, 0.05) is 18.8 Å². The molecule has 0 bridgehead atoms. The molecule has 0 radical (unpaired) electrons. The van der Waals surface area contributed by atoms with Crippen molar-refractivity contribution in [1.29, 1.82) is 5.26 Å². The van der Waals surface area contributed by atoms with Gasteiger partial charge in [-0.25, -0.2) is 9.07 Å². The van der Waals surface area contributed by atoms with E-state index in [-0.39, 0.29) is 35.2 Å². The molecule has 3 rings (SSSR count). The van der Waals surface area contributed by atoms with Gasteiger partial charge in [-0.05, 0) is 43.2 Å². The van der Waals surface area contributed by atoms with Crippen LogP contribution in [0.4, 0.5) is 10.2 Å². The third-order valence-corrected chi connectivity index (χ3v) is 4.30. The number of hydrogen-bond donors (Lipinski definition) is 2. The number of nitriles is 1. The molecule has 0 spiro atoms. The Kier molecular flexibility index (Phi) is 6.04. The van der Waals surface area contributed by atoms with Crippen LogP contribution in [0.25, 0.3) is 5.69 Å². The number of rotatable bonds is 7. The Labute approximate surface area is 166 Å². The first-order valence-corrected chi connectivity index (χ1v) is 8.95. The Morgan fingerprint density at radius 2 is 2.00 bits per heavy atom. The molecule has 0 aliphatic rings. The molecule has 0 atom stereocenters. The number of aryl methyl sites for hydroxylation is 1. The number of amides is 1. The van der Waals surface area contributed by atoms with Crippen molar-refractivity contribution in [3.63, 3.8) is 0 Å². The minimum absolute atomic E-state index is 0.0603. The van der Waals surface area contributed by atoms with Crippen LogP contribution in [0.15, 0.2) is 53.5 Å². The van der Waals surface area contributed by atoms with Crippen molar-refractivity contribution in [3.8, 4) is 11.8 Å². The molecular formula is C20H19FN6O2. The van der Waals surface area contributed by atoms with E-state index in [0.29, 0.717) is 30.8 Å². The summed E-state index contributed by atoms with van der Waals surface area (Å²) in [6.45, 7) is 0.295. The Morgan fingerprint density at radius 1 is 1.24 bits per heavy atom. The van der Waals surface area contributed by atoms with Gasteiger partial charge in [-0.2, -0.15) is 10.4 Å². The maximum atomic E-state index is 13.1. The summed E-state index contributed by atoms with van der Waals surface area (Å²) < 4.78 is 15.8. The second-order valence-corrected chi connectivity index (χ2v) is 6.33. The molecule has 2 aromatic heterocycles. The van der Waals surface area contributed by atoms with Crippen LogP contribution in [0.5, 0.6) is 0 Å². The number of aromatic nitrogens is 3. The topological polar surface area (TPSA) is 119 Å². The molecule has 0 saturated heterocycles. The molecule has 9 heteroatoms. The summed E-state index contributed by atoms with van der Waals surface area (Å²) in [7, 11) is 0. The van der Waals surface area contributed by atoms with E-state index in [4.69, 9.17) is 5.73 Å². The summed E-state index contributed by atoms with van der Waals surface area (Å²) >= 11 is 0. The molecular weight excluding hydrogens is 375 g/mol. The average molecular weight is 394 g/mol.